The molecule has 1 N–H and O–H groups in total. The number of ether oxygens (including phenoxy) is 1. The molecule has 1 spiro atoms. The molecule has 0 radical (unpaired) electrons. The van der Waals surface area contributed by atoms with Crippen LogP contribution in [0.2, 0.25) is 0 Å². The van der Waals surface area contributed by atoms with Crippen LogP contribution in [0, 0.1) is 0 Å². The molecule has 0 aromatic carbocycles. The molecule has 3 aliphatic heterocycles. The summed E-state index contributed by atoms with van der Waals surface area (Å²) in [6.07, 6.45) is 4.64. The predicted molar refractivity (Wildman–Crippen MR) is 69.3 cm³/mol. The van der Waals surface area contributed by atoms with E-state index in [0.717, 1.165) is 19.4 Å². The number of amides is 1. The largest absolute Gasteiger partial charge is 0.363 e. The number of carbonyl (C=O) groups excluding carboxylic acids is 1. The fourth-order valence-corrected chi connectivity index (χ4v) is 3.78. The minimum Gasteiger partial charge on any atom is -0.363 e. The lowest BCUT2D eigenvalue weighted by molar-refractivity contribution is -0.179. The van der Waals surface area contributed by atoms with Crippen molar-refractivity contribution in [1.29, 1.82) is 0 Å². The van der Waals surface area contributed by atoms with E-state index < -0.39 is 0 Å². The zero-order chi connectivity index (χ0) is 13.0. The number of nitrogens with one attached hydrogen (secondary N) is 1. The summed E-state index contributed by atoms with van der Waals surface area (Å²) in [6.45, 7) is 7.36. The Morgan fingerprint density at radius 1 is 1.28 bits per heavy atom. The van der Waals surface area contributed by atoms with Crippen molar-refractivity contribution < 1.29 is 9.53 Å². The van der Waals surface area contributed by atoms with E-state index in [1.165, 1.54) is 12.8 Å². The first kappa shape index (κ1) is 12.4. The summed E-state index contributed by atoms with van der Waals surface area (Å²) >= 11 is 0. The molecule has 1 unspecified atom stereocenters. The van der Waals surface area contributed by atoms with Crippen LogP contribution in [0.1, 0.15) is 46.5 Å². The van der Waals surface area contributed by atoms with Crippen molar-refractivity contribution in [2.45, 2.75) is 69.7 Å². The quantitative estimate of drug-likeness (QED) is 0.706. The molecule has 3 saturated heterocycles. The molecule has 3 aliphatic rings. The fraction of sp³-hybridized carbons (Fsp3) is 0.929. The van der Waals surface area contributed by atoms with Crippen LogP contribution in [0.3, 0.4) is 0 Å². The van der Waals surface area contributed by atoms with Crippen molar-refractivity contribution in [3.05, 3.63) is 0 Å². The van der Waals surface area contributed by atoms with E-state index in [2.05, 4.69) is 26.1 Å². The molecule has 0 saturated carbocycles. The van der Waals surface area contributed by atoms with E-state index in [0.29, 0.717) is 12.1 Å². The van der Waals surface area contributed by atoms with Gasteiger partial charge in [0.15, 0.2) is 0 Å². The van der Waals surface area contributed by atoms with Crippen LogP contribution in [0.25, 0.3) is 0 Å². The molecule has 18 heavy (non-hydrogen) atoms. The van der Waals surface area contributed by atoms with Gasteiger partial charge in [0, 0.05) is 17.6 Å². The summed E-state index contributed by atoms with van der Waals surface area (Å²) in [5.74, 6) is 0.138. The fourth-order valence-electron chi connectivity index (χ4n) is 3.78. The summed E-state index contributed by atoms with van der Waals surface area (Å²) in [5.41, 5.74) is -0.184. The average molecular weight is 252 g/mol. The van der Waals surface area contributed by atoms with E-state index >= 15 is 0 Å². The summed E-state index contributed by atoms with van der Waals surface area (Å²) in [7, 11) is 0. The Labute approximate surface area is 109 Å². The van der Waals surface area contributed by atoms with Crippen LogP contribution < -0.4 is 5.32 Å². The lowest BCUT2D eigenvalue weighted by atomic mass is 9.84. The third kappa shape index (κ3) is 2.05. The van der Waals surface area contributed by atoms with Crippen LogP contribution in [0.5, 0.6) is 0 Å². The molecule has 4 heteroatoms. The minimum atomic E-state index is -0.0994. The van der Waals surface area contributed by atoms with Crippen molar-refractivity contribution >= 4 is 5.91 Å². The normalized spacial score (nSPS) is 40.6. The van der Waals surface area contributed by atoms with Gasteiger partial charge in [-0.1, -0.05) is 0 Å². The van der Waals surface area contributed by atoms with E-state index in [1.54, 1.807) is 0 Å². The lowest BCUT2D eigenvalue weighted by Crippen LogP contribution is -2.64. The third-order valence-corrected chi connectivity index (χ3v) is 4.63. The molecule has 2 bridgehead atoms. The van der Waals surface area contributed by atoms with Gasteiger partial charge in [-0.3, -0.25) is 4.79 Å². The second kappa shape index (κ2) is 3.94. The zero-order valence-corrected chi connectivity index (χ0v) is 11.7. The van der Waals surface area contributed by atoms with Gasteiger partial charge in [0.1, 0.15) is 6.61 Å². The van der Waals surface area contributed by atoms with E-state index in [1.807, 2.05) is 4.90 Å². The minimum absolute atomic E-state index is 0.0850. The standard InChI is InChI=1S/C14H24N2O2/c1-13(2,3)16-9-14(18-8-12(16)17)6-10-4-5-11(7-14)15-10/h10-11,15H,4-9H2,1-3H3/t10-,11+,14?. The molecule has 3 atom stereocenters. The van der Waals surface area contributed by atoms with Gasteiger partial charge in [-0.25, -0.2) is 0 Å². The van der Waals surface area contributed by atoms with Gasteiger partial charge in [0.25, 0.3) is 0 Å². The lowest BCUT2D eigenvalue weighted by Gasteiger charge is -2.50. The molecule has 0 aromatic heterocycles. The Morgan fingerprint density at radius 2 is 1.89 bits per heavy atom. The molecule has 102 valence electrons. The Hall–Kier alpha value is -0.610. The van der Waals surface area contributed by atoms with Crippen molar-refractivity contribution in [1.82, 2.24) is 10.2 Å². The Balaban J connectivity index is 1.80. The maximum atomic E-state index is 12.0. The summed E-state index contributed by atoms with van der Waals surface area (Å²) in [6, 6.07) is 1.19. The molecule has 3 rings (SSSR count). The van der Waals surface area contributed by atoms with Gasteiger partial charge < -0.3 is 15.0 Å². The molecule has 1 amide bonds. The van der Waals surface area contributed by atoms with E-state index in [4.69, 9.17) is 4.74 Å². The SMILES string of the molecule is CC(C)(C)N1CC2(C[C@H]3CC[C@@H](C2)N3)OCC1=O. The van der Waals surface area contributed by atoms with E-state index in [9.17, 15) is 4.79 Å². The third-order valence-electron chi connectivity index (χ3n) is 4.63. The predicted octanol–water partition coefficient (Wildman–Crippen LogP) is 1.30. The first-order valence-electron chi connectivity index (χ1n) is 7.08. The molecule has 0 aliphatic carbocycles. The average Bonchev–Trinajstić information content (AvgIpc) is 2.61. The number of rotatable bonds is 0. The molecular weight excluding hydrogens is 228 g/mol. The maximum absolute atomic E-state index is 12.0. The summed E-state index contributed by atoms with van der Waals surface area (Å²) < 4.78 is 5.99. The van der Waals surface area contributed by atoms with Gasteiger partial charge in [-0.05, 0) is 46.5 Å². The van der Waals surface area contributed by atoms with Gasteiger partial charge in [-0.15, -0.1) is 0 Å². The van der Waals surface area contributed by atoms with Crippen molar-refractivity contribution in [2.75, 3.05) is 13.2 Å². The van der Waals surface area contributed by atoms with Gasteiger partial charge in [-0.2, -0.15) is 0 Å². The second-order valence-electron chi connectivity index (χ2n) is 7.17. The number of hydrogen-bond donors (Lipinski definition) is 1. The Morgan fingerprint density at radius 3 is 2.44 bits per heavy atom. The number of hydrogen-bond acceptors (Lipinski definition) is 3. The smallest absolute Gasteiger partial charge is 0.249 e. The Kier molecular flexibility index (Phi) is 2.72. The van der Waals surface area contributed by atoms with Crippen LogP contribution in [0.15, 0.2) is 0 Å². The molecule has 3 heterocycles. The number of piperidine rings is 1. The van der Waals surface area contributed by atoms with Gasteiger partial charge >= 0.3 is 0 Å². The highest BCUT2D eigenvalue weighted by Gasteiger charge is 2.49. The topological polar surface area (TPSA) is 41.6 Å². The second-order valence-corrected chi connectivity index (χ2v) is 7.17. The number of morpholine rings is 1. The first-order chi connectivity index (χ1) is 8.38. The highest BCUT2D eigenvalue weighted by atomic mass is 16.5. The first-order valence-corrected chi connectivity index (χ1v) is 7.08. The summed E-state index contributed by atoms with van der Waals surface area (Å²) in [5, 5.41) is 3.64. The van der Waals surface area contributed by atoms with Crippen molar-refractivity contribution in [2.24, 2.45) is 0 Å². The molecule has 4 nitrogen and oxygen atoms in total. The zero-order valence-electron chi connectivity index (χ0n) is 11.7. The van der Waals surface area contributed by atoms with Gasteiger partial charge in [0.05, 0.1) is 12.1 Å². The molecule has 3 fully saturated rings. The van der Waals surface area contributed by atoms with Crippen LogP contribution in [-0.4, -0.2) is 47.2 Å². The molecular formula is C14H24N2O2. The monoisotopic (exact) mass is 252 g/mol. The molecule has 0 aromatic rings. The highest BCUT2D eigenvalue weighted by molar-refractivity contribution is 5.79. The van der Waals surface area contributed by atoms with E-state index in [-0.39, 0.29) is 23.7 Å². The maximum Gasteiger partial charge on any atom is 0.249 e. The summed E-state index contributed by atoms with van der Waals surface area (Å²) in [4.78, 5) is 14.0. The Bertz CT molecular complexity index is 349. The van der Waals surface area contributed by atoms with Crippen LogP contribution in [0.4, 0.5) is 0 Å². The number of carbonyl (C=O) groups is 1. The van der Waals surface area contributed by atoms with Crippen molar-refractivity contribution in [3.63, 3.8) is 0 Å². The highest BCUT2D eigenvalue weighted by Crippen LogP contribution is 2.39. The van der Waals surface area contributed by atoms with Crippen LogP contribution in [-0.2, 0) is 9.53 Å². The van der Waals surface area contributed by atoms with Crippen molar-refractivity contribution in [3.8, 4) is 0 Å². The van der Waals surface area contributed by atoms with Crippen LogP contribution >= 0.6 is 0 Å². The number of fused-ring (bicyclic) bond motifs is 2. The number of nitrogens with zero attached hydrogens (tertiary/aromatic N) is 1. The van der Waals surface area contributed by atoms with Gasteiger partial charge in [0.2, 0.25) is 5.91 Å².